The molecule has 1 aromatic rings. The molecule has 1 radical (unpaired) electrons. The van der Waals surface area contributed by atoms with Crippen LogP contribution in [0.2, 0.25) is 5.02 Å². The summed E-state index contributed by atoms with van der Waals surface area (Å²) in [6.07, 6.45) is 1.06. The molecule has 1 aromatic carbocycles. The third-order valence-electron chi connectivity index (χ3n) is 2.01. The Bertz CT molecular complexity index is 493. The lowest BCUT2D eigenvalue weighted by Crippen LogP contribution is -2.19. The standard InChI is InChI=1S/C10H5ClNO3/c11-5-1-2-8-6(3-5)9(13)7(4-12-8)10(14)15/h1-4H,(H,14,15). The second kappa shape index (κ2) is 3.40. The summed E-state index contributed by atoms with van der Waals surface area (Å²) in [4.78, 5) is 22.3. The molecule has 5 heteroatoms. The molecule has 0 atom stereocenters. The van der Waals surface area contributed by atoms with Crippen LogP contribution in [0.5, 0.6) is 0 Å². The monoisotopic (exact) mass is 222 g/mol. The zero-order chi connectivity index (χ0) is 11.0. The third kappa shape index (κ3) is 1.59. The third-order valence-corrected chi connectivity index (χ3v) is 2.25. The number of hydrogen-bond donors (Lipinski definition) is 1. The van der Waals surface area contributed by atoms with Crippen LogP contribution in [0.4, 0.5) is 5.69 Å². The number of carboxylic acids is 1. The smallest absolute Gasteiger partial charge is 0.341 e. The van der Waals surface area contributed by atoms with E-state index >= 15 is 0 Å². The maximum atomic E-state index is 11.6. The lowest BCUT2D eigenvalue weighted by molar-refractivity contribution is -0.132. The van der Waals surface area contributed by atoms with Crippen LogP contribution in [0.3, 0.4) is 0 Å². The number of fused-ring (bicyclic) bond motifs is 1. The molecule has 75 valence electrons. The number of carboxylic acid groups (broad SMARTS) is 1. The number of halogens is 1. The van der Waals surface area contributed by atoms with Crippen molar-refractivity contribution in [2.24, 2.45) is 0 Å². The van der Waals surface area contributed by atoms with Gasteiger partial charge in [-0.25, -0.2) is 4.79 Å². The molecular weight excluding hydrogens is 218 g/mol. The molecule has 0 spiro atoms. The maximum absolute atomic E-state index is 11.6. The molecule has 0 saturated carbocycles. The van der Waals surface area contributed by atoms with E-state index in [9.17, 15) is 9.59 Å². The number of Topliss-reactive ketones (excluding diaryl/α,β-unsaturated/α-hetero) is 1. The van der Waals surface area contributed by atoms with Crippen molar-refractivity contribution in [2.75, 3.05) is 0 Å². The number of rotatable bonds is 1. The van der Waals surface area contributed by atoms with E-state index < -0.39 is 11.8 Å². The van der Waals surface area contributed by atoms with E-state index in [-0.39, 0.29) is 11.1 Å². The van der Waals surface area contributed by atoms with Crippen LogP contribution in [-0.4, -0.2) is 16.9 Å². The Labute approximate surface area is 90.2 Å². The van der Waals surface area contributed by atoms with Gasteiger partial charge in [-0.15, -0.1) is 0 Å². The van der Waals surface area contributed by atoms with E-state index in [1.54, 1.807) is 12.1 Å². The minimum Gasteiger partial charge on any atom is -0.477 e. The van der Waals surface area contributed by atoms with Gasteiger partial charge in [0.1, 0.15) is 5.57 Å². The first-order valence-electron chi connectivity index (χ1n) is 4.08. The van der Waals surface area contributed by atoms with Crippen molar-refractivity contribution in [3.05, 3.63) is 40.6 Å². The summed E-state index contributed by atoms with van der Waals surface area (Å²) in [5, 5.41) is 13.0. The number of carbonyl (C=O) groups is 2. The summed E-state index contributed by atoms with van der Waals surface area (Å²) in [6, 6.07) is 4.58. The van der Waals surface area contributed by atoms with Crippen molar-refractivity contribution in [1.29, 1.82) is 0 Å². The normalized spacial score (nSPS) is 13.9. The van der Waals surface area contributed by atoms with Crippen LogP contribution in [-0.2, 0) is 4.79 Å². The van der Waals surface area contributed by atoms with Gasteiger partial charge in [-0.05, 0) is 18.2 Å². The highest BCUT2D eigenvalue weighted by Gasteiger charge is 2.26. The van der Waals surface area contributed by atoms with Gasteiger partial charge in [0.15, 0.2) is 0 Å². The molecule has 1 aliphatic rings. The predicted octanol–water partition coefficient (Wildman–Crippen LogP) is 1.74. The zero-order valence-corrected chi connectivity index (χ0v) is 8.15. The van der Waals surface area contributed by atoms with E-state index in [0.29, 0.717) is 10.7 Å². The molecular formula is C10H5ClNO3. The van der Waals surface area contributed by atoms with Gasteiger partial charge < -0.3 is 5.11 Å². The molecule has 0 amide bonds. The van der Waals surface area contributed by atoms with Crippen LogP contribution in [0, 0.1) is 0 Å². The Morgan fingerprint density at radius 2 is 2.13 bits per heavy atom. The molecule has 1 aliphatic heterocycles. The average molecular weight is 223 g/mol. The number of hydrogen-bond acceptors (Lipinski definition) is 2. The first-order chi connectivity index (χ1) is 7.09. The molecule has 0 bridgehead atoms. The first kappa shape index (κ1) is 9.73. The van der Waals surface area contributed by atoms with Gasteiger partial charge in [-0.1, -0.05) is 11.6 Å². The average Bonchev–Trinajstić information content (AvgIpc) is 2.19. The first-order valence-corrected chi connectivity index (χ1v) is 4.46. The summed E-state index contributed by atoms with van der Waals surface area (Å²) in [7, 11) is 0. The van der Waals surface area contributed by atoms with Gasteiger partial charge in [0.2, 0.25) is 5.78 Å². The van der Waals surface area contributed by atoms with Gasteiger partial charge in [0.25, 0.3) is 0 Å². The van der Waals surface area contributed by atoms with Crippen molar-refractivity contribution in [2.45, 2.75) is 0 Å². The summed E-state index contributed by atoms with van der Waals surface area (Å²) < 4.78 is 0. The molecule has 1 N–H and O–H groups in total. The molecule has 0 unspecified atom stereocenters. The van der Waals surface area contributed by atoms with Gasteiger partial charge >= 0.3 is 5.97 Å². The van der Waals surface area contributed by atoms with Crippen LogP contribution in [0.1, 0.15) is 10.4 Å². The lowest BCUT2D eigenvalue weighted by Gasteiger charge is -2.12. The Balaban J connectivity index is 2.52. The predicted molar refractivity (Wildman–Crippen MR) is 53.3 cm³/mol. The van der Waals surface area contributed by atoms with E-state index in [4.69, 9.17) is 16.7 Å². The summed E-state index contributed by atoms with van der Waals surface area (Å²) >= 11 is 5.71. The molecule has 0 aromatic heterocycles. The largest absolute Gasteiger partial charge is 0.477 e. The van der Waals surface area contributed by atoms with E-state index in [1.807, 2.05) is 0 Å². The maximum Gasteiger partial charge on any atom is 0.341 e. The summed E-state index contributed by atoms with van der Waals surface area (Å²) in [6.45, 7) is 0. The van der Waals surface area contributed by atoms with Crippen molar-refractivity contribution in [3.8, 4) is 0 Å². The van der Waals surface area contributed by atoms with Gasteiger partial charge in [-0.3, -0.25) is 10.1 Å². The van der Waals surface area contributed by atoms with Crippen molar-refractivity contribution in [3.63, 3.8) is 0 Å². The fourth-order valence-corrected chi connectivity index (χ4v) is 1.46. The van der Waals surface area contributed by atoms with Crippen molar-refractivity contribution >= 4 is 29.0 Å². The number of aliphatic carboxylic acids is 1. The molecule has 0 aliphatic carbocycles. The minimum atomic E-state index is -1.28. The molecule has 0 fully saturated rings. The van der Waals surface area contributed by atoms with Crippen LogP contribution < -0.4 is 5.32 Å². The SMILES string of the molecule is O=C(O)C1=C[N]c2ccc(Cl)cc2C1=O. The van der Waals surface area contributed by atoms with Crippen LogP contribution in [0.25, 0.3) is 0 Å². The summed E-state index contributed by atoms with van der Waals surface area (Å²) in [5.41, 5.74) is 0.321. The molecule has 15 heavy (non-hydrogen) atoms. The number of carbonyl (C=O) groups excluding carboxylic acids is 1. The minimum absolute atomic E-state index is 0.224. The second-order valence-electron chi connectivity index (χ2n) is 2.97. The van der Waals surface area contributed by atoms with E-state index in [0.717, 1.165) is 6.20 Å². The Kier molecular flexibility index (Phi) is 2.21. The molecule has 2 rings (SSSR count). The molecule has 1 heterocycles. The van der Waals surface area contributed by atoms with Crippen molar-refractivity contribution in [1.82, 2.24) is 5.32 Å². The highest BCUT2D eigenvalue weighted by Crippen LogP contribution is 2.27. The Morgan fingerprint density at radius 3 is 2.80 bits per heavy atom. The second-order valence-corrected chi connectivity index (χ2v) is 3.40. The van der Waals surface area contributed by atoms with Gasteiger partial charge in [0, 0.05) is 11.2 Å². The fraction of sp³-hybridized carbons (Fsp3) is 0. The van der Waals surface area contributed by atoms with E-state index in [1.165, 1.54) is 6.07 Å². The van der Waals surface area contributed by atoms with Crippen molar-refractivity contribution < 1.29 is 14.7 Å². The van der Waals surface area contributed by atoms with Crippen LogP contribution in [0.15, 0.2) is 30.0 Å². The molecule has 0 saturated heterocycles. The number of benzene rings is 1. The quantitative estimate of drug-likeness (QED) is 0.736. The van der Waals surface area contributed by atoms with E-state index in [2.05, 4.69) is 5.32 Å². The number of nitrogens with zero attached hydrogens (tertiary/aromatic N) is 1. The van der Waals surface area contributed by atoms with Gasteiger partial charge in [0.05, 0.1) is 11.3 Å². The Morgan fingerprint density at radius 1 is 1.40 bits per heavy atom. The zero-order valence-electron chi connectivity index (χ0n) is 7.40. The van der Waals surface area contributed by atoms with Crippen LogP contribution >= 0.6 is 11.6 Å². The Hall–Kier alpha value is -1.81. The van der Waals surface area contributed by atoms with Gasteiger partial charge in [-0.2, -0.15) is 0 Å². The highest BCUT2D eigenvalue weighted by molar-refractivity contribution is 6.32. The summed E-state index contributed by atoms with van der Waals surface area (Å²) in [5.74, 6) is -1.84. The fourth-order valence-electron chi connectivity index (χ4n) is 1.29. The topological polar surface area (TPSA) is 68.5 Å². The molecule has 4 nitrogen and oxygen atoms in total. The number of ketones is 1. The lowest BCUT2D eigenvalue weighted by atomic mass is 9.99. The highest BCUT2D eigenvalue weighted by atomic mass is 35.5.